The number of benzene rings is 1. The fourth-order valence-corrected chi connectivity index (χ4v) is 3.80. The monoisotopic (exact) mass is 451 g/mol. The van der Waals surface area contributed by atoms with Gasteiger partial charge in [-0.25, -0.2) is 9.36 Å². The number of nitrogens with zero attached hydrogens (tertiary/aromatic N) is 4. The van der Waals surface area contributed by atoms with Crippen molar-refractivity contribution in [2.75, 3.05) is 20.8 Å². The lowest BCUT2D eigenvalue weighted by Gasteiger charge is -2.11. The molecular formula is C23H25N5O5. The number of carbonyl (C=O) groups is 1. The molecule has 0 unspecified atom stereocenters. The van der Waals surface area contributed by atoms with E-state index in [0.29, 0.717) is 22.8 Å². The molecule has 2 aromatic heterocycles. The molecule has 1 amide bonds. The van der Waals surface area contributed by atoms with E-state index in [1.54, 1.807) is 37.4 Å². The largest absolute Gasteiger partial charge is 0.493 e. The van der Waals surface area contributed by atoms with E-state index in [1.165, 1.54) is 17.9 Å². The third kappa shape index (κ3) is 4.94. The lowest BCUT2D eigenvalue weighted by molar-refractivity contribution is -0.121. The molecule has 10 nitrogen and oxygen atoms in total. The highest BCUT2D eigenvalue weighted by Gasteiger charge is 2.15. The highest BCUT2D eigenvalue weighted by molar-refractivity contribution is 5.75. The first-order valence-corrected chi connectivity index (χ1v) is 10.7. The van der Waals surface area contributed by atoms with Crippen molar-refractivity contribution >= 4 is 5.91 Å². The molecular weight excluding hydrogens is 426 g/mol. The van der Waals surface area contributed by atoms with Crippen molar-refractivity contribution in [1.82, 2.24) is 24.9 Å². The molecule has 10 heteroatoms. The van der Waals surface area contributed by atoms with Gasteiger partial charge in [-0.3, -0.25) is 14.4 Å². The first-order valence-electron chi connectivity index (χ1n) is 10.7. The lowest BCUT2D eigenvalue weighted by Crippen LogP contribution is -2.36. The molecule has 4 rings (SSSR count). The first kappa shape index (κ1) is 22.3. The van der Waals surface area contributed by atoms with E-state index in [0.717, 1.165) is 35.2 Å². The van der Waals surface area contributed by atoms with E-state index in [-0.39, 0.29) is 31.1 Å². The van der Waals surface area contributed by atoms with Crippen LogP contribution in [-0.2, 0) is 30.7 Å². The molecule has 0 aliphatic heterocycles. The Morgan fingerprint density at radius 2 is 1.79 bits per heavy atom. The standard InChI is InChI=1S/C23H25N5O5/c1-32-19-8-6-16(12-20(19)33-2)18-7-9-22(30)28(26-18)14-21(29)24-10-11-27-23(31)13-15-4-3-5-17(15)25-27/h6-9,12-13H,3-5,10-11,14H2,1-2H3,(H,24,29). The van der Waals surface area contributed by atoms with Crippen molar-refractivity contribution in [1.29, 1.82) is 0 Å². The molecule has 3 aromatic rings. The zero-order valence-electron chi connectivity index (χ0n) is 18.5. The molecule has 1 N–H and O–H groups in total. The molecule has 0 atom stereocenters. The molecule has 1 aliphatic carbocycles. The van der Waals surface area contributed by atoms with Crippen LogP contribution in [0.1, 0.15) is 17.7 Å². The third-order valence-electron chi connectivity index (χ3n) is 5.51. The summed E-state index contributed by atoms with van der Waals surface area (Å²) < 4.78 is 13.0. The van der Waals surface area contributed by atoms with Gasteiger partial charge in [0.15, 0.2) is 11.5 Å². The molecule has 0 fully saturated rings. The summed E-state index contributed by atoms with van der Waals surface area (Å²) in [4.78, 5) is 36.8. The van der Waals surface area contributed by atoms with Gasteiger partial charge in [0.1, 0.15) is 6.54 Å². The molecule has 33 heavy (non-hydrogen) atoms. The van der Waals surface area contributed by atoms with Crippen LogP contribution in [0.4, 0.5) is 0 Å². The Hall–Kier alpha value is -3.95. The van der Waals surface area contributed by atoms with E-state index in [9.17, 15) is 14.4 Å². The average molecular weight is 451 g/mol. The number of hydrogen-bond donors (Lipinski definition) is 1. The molecule has 2 heterocycles. The number of methoxy groups -OCH3 is 2. The highest BCUT2D eigenvalue weighted by atomic mass is 16.5. The van der Waals surface area contributed by atoms with Gasteiger partial charge < -0.3 is 14.8 Å². The van der Waals surface area contributed by atoms with E-state index in [2.05, 4.69) is 15.5 Å². The van der Waals surface area contributed by atoms with Gasteiger partial charge in [-0.05, 0) is 49.1 Å². The number of ether oxygens (including phenoxy) is 2. The maximum Gasteiger partial charge on any atom is 0.267 e. The van der Waals surface area contributed by atoms with Crippen LogP contribution in [0.25, 0.3) is 11.3 Å². The zero-order valence-corrected chi connectivity index (χ0v) is 18.5. The summed E-state index contributed by atoms with van der Waals surface area (Å²) >= 11 is 0. The zero-order chi connectivity index (χ0) is 23.4. The van der Waals surface area contributed by atoms with Crippen LogP contribution in [0, 0.1) is 0 Å². The maximum absolute atomic E-state index is 12.4. The van der Waals surface area contributed by atoms with Gasteiger partial charge >= 0.3 is 0 Å². The summed E-state index contributed by atoms with van der Waals surface area (Å²) in [6, 6.07) is 9.86. The number of amides is 1. The fraction of sp³-hybridized carbons (Fsp3) is 0.348. The number of rotatable bonds is 8. The topological polar surface area (TPSA) is 117 Å². The minimum absolute atomic E-state index is 0.176. The minimum atomic E-state index is -0.397. The highest BCUT2D eigenvalue weighted by Crippen LogP contribution is 2.31. The minimum Gasteiger partial charge on any atom is -0.493 e. The first-order chi connectivity index (χ1) is 16.0. The lowest BCUT2D eigenvalue weighted by atomic mass is 10.1. The Kier molecular flexibility index (Phi) is 6.53. The normalized spacial score (nSPS) is 12.3. The van der Waals surface area contributed by atoms with Crippen LogP contribution in [0.3, 0.4) is 0 Å². The number of carbonyl (C=O) groups excluding carboxylic acids is 1. The van der Waals surface area contributed by atoms with Gasteiger partial charge in [-0.15, -0.1) is 0 Å². The quantitative estimate of drug-likeness (QED) is 0.538. The van der Waals surface area contributed by atoms with Crippen molar-refractivity contribution < 1.29 is 14.3 Å². The van der Waals surface area contributed by atoms with Gasteiger partial charge in [0, 0.05) is 24.2 Å². The van der Waals surface area contributed by atoms with Crippen LogP contribution in [0.15, 0.2) is 46.0 Å². The van der Waals surface area contributed by atoms with Crippen molar-refractivity contribution in [3.05, 3.63) is 68.4 Å². The van der Waals surface area contributed by atoms with Gasteiger partial charge in [0.2, 0.25) is 5.91 Å². The summed E-state index contributed by atoms with van der Waals surface area (Å²) in [5, 5.41) is 11.4. The van der Waals surface area contributed by atoms with Crippen molar-refractivity contribution in [2.24, 2.45) is 0 Å². The number of aryl methyl sites for hydroxylation is 2. The van der Waals surface area contributed by atoms with Gasteiger partial charge in [0.25, 0.3) is 11.1 Å². The van der Waals surface area contributed by atoms with Crippen LogP contribution in [0.5, 0.6) is 11.5 Å². The SMILES string of the molecule is COc1ccc(-c2ccc(=O)n(CC(=O)NCCn3nc4c(cc3=O)CCC4)n2)cc1OC. The Morgan fingerprint density at radius 1 is 0.970 bits per heavy atom. The molecule has 0 bridgehead atoms. The molecule has 0 saturated heterocycles. The van der Waals surface area contributed by atoms with Gasteiger partial charge in [-0.2, -0.15) is 10.2 Å². The number of hydrogen-bond acceptors (Lipinski definition) is 7. The summed E-state index contributed by atoms with van der Waals surface area (Å²) in [6.45, 7) is 0.229. The maximum atomic E-state index is 12.4. The summed E-state index contributed by atoms with van der Waals surface area (Å²) in [6.07, 6.45) is 2.76. The second-order valence-electron chi connectivity index (χ2n) is 7.67. The Balaban J connectivity index is 1.41. The second-order valence-corrected chi connectivity index (χ2v) is 7.67. The fourth-order valence-electron chi connectivity index (χ4n) is 3.80. The molecule has 1 aliphatic rings. The van der Waals surface area contributed by atoms with Gasteiger partial charge in [0.05, 0.1) is 32.2 Å². The summed E-state index contributed by atoms with van der Waals surface area (Å²) in [7, 11) is 3.08. The smallest absolute Gasteiger partial charge is 0.267 e. The van der Waals surface area contributed by atoms with Crippen molar-refractivity contribution in [2.45, 2.75) is 32.4 Å². The predicted molar refractivity (Wildman–Crippen MR) is 121 cm³/mol. The average Bonchev–Trinajstić information content (AvgIpc) is 3.27. The van der Waals surface area contributed by atoms with E-state index < -0.39 is 5.56 Å². The second kappa shape index (κ2) is 9.68. The third-order valence-corrected chi connectivity index (χ3v) is 5.51. The van der Waals surface area contributed by atoms with E-state index in [1.807, 2.05) is 0 Å². The number of aromatic nitrogens is 4. The molecule has 172 valence electrons. The predicted octanol–water partition coefficient (Wildman–Crippen LogP) is 0.789. The van der Waals surface area contributed by atoms with E-state index in [4.69, 9.17) is 9.47 Å². The molecule has 1 aromatic carbocycles. The number of fused-ring (bicyclic) bond motifs is 1. The van der Waals surface area contributed by atoms with Crippen molar-refractivity contribution in [3.8, 4) is 22.8 Å². The van der Waals surface area contributed by atoms with Crippen LogP contribution >= 0.6 is 0 Å². The number of nitrogens with one attached hydrogen (secondary N) is 1. The molecule has 0 radical (unpaired) electrons. The van der Waals surface area contributed by atoms with Crippen molar-refractivity contribution in [3.63, 3.8) is 0 Å². The Labute approximate surface area is 189 Å². The van der Waals surface area contributed by atoms with Crippen LogP contribution < -0.4 is 25.9 Å². The molecule has 0 saturated carbocycles. The molecule has 0 spiro atoms. The Bertz CT molecular complexity index is 1300. The van der Waals surface area contributed by atoms with E-state index >= 15 is 0 Å². The Morgan fingerprint density at radius 3 is 2.58 bits per heavy atom. The van der Waals surface area contributed by atoms with Gasteiger partial charge in [-0.1, -0.05) is 0 Å². The summed E-state index contributed by atoms with van der Waals surface area (Å²) in [5.41, 5.74) is 2.61. The van der Waals surface area contributed by atoms with Crippen LogP contribution in [0.2, 0.25) is 0 Å². The van der Waals surface area contributed by atoms with Crippen LogP contribution in [-0.4, -0.2) is 46.2 Å². The summed E-state index contributed by atoms with van der Waals surface area (Å²) in [5.74, 6) is 0.719.